The molecule has 1 saturated carbocycles. The lowest BCUT2D eigenvalue weighted by atomic mass is 10.0. The summed E-state index contributed by atoms with van der Waals surface area (Å²) in [6, 6.07) is 12.7. The van der Waals surface area contributed by atoms with Crippen LogP contribution in [0.4, 0.5) is 11.5 Å². The number of rotatable bonds is 6. The quantitative estimate of drug-likeness (QED) is 0.596. The van der Waals surface area contributed by atoms with Gasteiger partial charge in [0.25, 0.3) is 0 Å². The number of methoxy groups -OCH3 is 1. The average molecular weight is 449 g/mol. The average Bonchev–Trinajstić information content (AvgIpc) is 3.71. The molecule has 0 amide bonds. The summed E-state index contributed by atoms with van der Waals surface area (Å²) in [5.74, 6) is 3.51. The molecule has 1 aromatic heterocycles. The Hall–Kier alpha value is -2.86. The molecule has 0 radical (unpaired) electrons. The topological polar surface area (TPSA) is 61.7 Å². The number of likely N-dealkylation sites (N-methyl/N-ethyl adjacent to an activating group) is 1. The molecule has 1 aliphatic carbocycles. The molecule has 1 N–H and O–H groups in total. The van der Waals surface area contributed by atoms with Crippen molar-refractivity contribution in [3.8, 4) is 5.75 Å². The fourth-order valence-electron chi connectivity index (χ4n) is 4.55. The molecule has 6 heteroatoms. The van der Waals surface area contributed by atoms with Gasteiger partial charge in [0.15, 0.2) is 0 Å². The molecule has 0 atom stereocenters. The van der Waals surface area contributed by atoms with Crippen LogP contribution in [-0.2, 0) is 12.8 Å². The molecule has 0 unspecified atom stereocenters. The Morgan fingerprint density at radius 3 is 2.61 bits per heavy atom. The molecule has 3 aromatic rings. The summed E-state index contributed by atoms with van der Waals surface area (Å²) in [6.45, 7) is 6.55. The third-order valence-corrected chi connectivity index (χ3v) is 6.53. The van der Waals surface area contributed by atoms with Gasteiger partial charge in [-0.3, -0.25) is 0 Å². The molecule has 0 bridgehead atoms. The normalized spacial score (nSPS) is 15.4. The van der Waals surface area contributed by atoms with Gasteiger partial charge in [-0.15, -0.1) is 0 Å². The second kappa shape index (κ2) is 10.4. The zero-order chi connectivity index (χ0) is 23.4. The van der Waals surface area contributed by atoms with Crippen molar-refractivity contribution >= 4 is 22.4 Å². The van der Waals surface area contributed by atoms with E-state index in [4.69, 9.17) is 14.7 Å². The molecule has 6 nitrogen and oxygen atoms in total. The van der Waals surface area contributed by atoms with Crippen LogP contribution in [0.3, 0.4) is 0 Å². The largest absolute Gasteiger partial charge is 0.496 e. The van der Waals surface area contributed by atoms with Crippen LogP contribution in [0.25, 0.3) is 10.9 Å². The van der Waals surface area contributed by atoms with Crippen LogP contribution in [-0.4, -0.2) is 55.5 Å². The standard InChI is InChI=1S/C25H30N4O2.C2H6/c1-28(14-15-30)19-8-9-22-21(16-19)25(27-24(26-22)18-6-7-18)29-12-10-17-4-3-5-23(31-2)20(17)11-13-29;1-2/h3-5,8-9,16,18,30H,6-7,10-15H2,1-2H3;1-2H3. The third-order valence-electron chi connectivity index (χ3n) is 6.53. The second-order valence-corrected chi connectivity index (χ2v) is 8.61. The lowest BCUT2D eigenvalue weighted by Crippen LogP contribution is -2.28. The maximum Gasteiger partial charge on any atom is 0.140 e. The van der Waals surface area contributed by atoms with Gasteiger partial charge in [0, 0.05) is 43.7 Å². The van der Waals surface area contributed by atoms with Gasteiger partial charge in [-0.1, -0.05) is 26.0 Å². The lowest BCUT2D eigenvalue weighted by Gasteiger charge is -2.25. The van der Waals surface area contributed by atoms with Crippen LogP contribution in [0.15, 0.2) is 36.4 Å². The van der Waals surface area contributed by atoms with Crippen molar-refractivity contribution < 1.29 is 9.84 Å². The number of fused-ring (bicyclic) bond motifs is 2. The predicted octanol–water partition coefficient (Wildman–Crippen LogP) is 4.58. The van der Waals surface area contributed by atoms with Crippen LogP contribution < -0.4 is 14.5 Å². The summed E-state index contributed by atoms with van der Waals surface area (Å²) in [6.07, 6.45) is 4.28. The van der Waals surface area contributed by atoms with Gasteiger partial charge in [0.1, 0.15) is 17.4 Å². The minimum Gasteiger partial charge on any atom is -0.496 e. The van der Waals surface area contributed by atoms with E-state index in [1.807, 2.05) is 20.9 Å². The second-order valence-electron chi connectivity index (χ2n) is 8.61. The van der Waals surface area contributed by atoms with Crippen molar-refractivity contribution in [1.29, 1.82) is 0 Å². The zero-order valence-corrected chi connectivity index (χ0v) is 20.3. The zero-order valence-electron chi connectivity index (χ0n) is 20.3. The maximum absolute atomic E-state index is 9.35. The van der Waals surface area contributed by atoms with E-state index in [0.29, 0.717) is 12.5 Å². The number of aromatic nitrogens is 2. The number of ether oxygens (including phenoxy) is 1. The Labute approximate surface area is 197 Å². The maximum atomic E-state index is 9.35. The van der Waals surface area contributed by atoms with E-state index in [9.17, 15) is 5.11 Å². The monoisotopic (exact) mass is 448 g/mol. The molecule has 33 heavy (non-hydrogen) atoms. The van der Waals surface area contributed by atoms with Crippen molar-refractivity contribution in [2.24, 2.45) is 0 Å². The van der Waals surface area contributed by atoms with Gasteiger partial charge >= 0.3 is 0 Å². The van der Waals surface area contributed by atoms with E-state index in [1.165, 1.54) is 24.0 Å². The highest BCUT2D eigenvalue weighted by Gasteiger charge is 2.29. The van der Waals surface area contributed by atoms with Crippen molar-refractivity contribution in [2.75, 3.05) is 50.2 Å². The van der Waals surface area contributed by atoms with Gasteiger partial charge < -0.3 is 19.6 Å². The summed E-state index contributed by atoms with van der Waals surface area (Å²) in [7, 11) is 3.76. The molecule has 2 aromatic carbocycles. The number of aliphatic hydroxyl groups excluding tert-OH is 1. The molecule has 2 aliphatic rings. The van der Waals surface area contributed by atoms with Gasteiger partial charge in [-0.2, -0.15) is 0 Å². The van der Waals surface area contributed by atoms with E-state index in [-0.39, 0.29) is 6.61 Å². The van der Waals surface area contributed by atoms with Crippen LogP contribution in [0.1, 0.15) is 49.6 Å². The summed E-state index contributed by atoms with van der Waals surface area (Å²) < 4.78 is 5.63. The molecule has 1 aliphatic heterocycles. The van der Waals surface area contributed by atoms with E-state index in [1.54, 1.807) is 7.11 Å². The number of aliphatic hydroxyl groups is 1. The summed E-state index contributed by atoms with van der Waals surface area (Å²) >= 11 is 0. The summed E-state index contributed by atoms with van der Waals surface area (Å²) in [5.41, 5.74) is 4.76. The lowest BCUT2D eigenvalue weighted by molar-refractivity contribution is 0.304. The molecule has 2 heterocycles. The van der Waals surface area contributed by atoms with Gasteiger partial charge in [0.05, 0.1) is 19.2 Å². The molecular formula is C27H36N4O2. The number of nitrogens with zero attached hydrogens (tertiary/aromatic N) is 4. The first-order valence-electron chi connectivity index (χ1n) is 12.2. The van der Waals surface area contributed by atoms with Crippen molar-refractivity contribution in [3.05, 3.63) is 53.3 Å². The van der Waals surface area contributed by atoms with E-state index >= 15 is 0 Å². The van der Waals surface area contributed by atoms with E-state index < -0.39 is 0 Å². The smallest absolute Gasteiger partial charge is 0.140 e. The van der Waals surface area contributed by atoms with Crippen molar-refractivity contribution in [3.63, 3.8) is 0 Å². The molecule has 5 rings (SSSR count). The van der Waals surface area contributed by atoms with Crippen LogP contribution in [0, 0.1) is 0 Å². The summed E-state index contributed by atoms with van der Waals surface area (Å²) in [5, 5.41) is 10.4. The van der Waals surface area contributed by atoms with E-state index in [0.717, 1.165) is 59.9 Å². The molecule has 176 valence electrons. The predicted molar refractivity (Wildman–Crippen MR) is 136 cm³/mol. The van der Waals surface area contributed by atoms with Gasteiger partial charge in [-0.25, -0.2) is 9.97 Å². The Kier molecular flexibility index (Phi) is 7.33. The third kappa shape index (κ3) is 4.91. The minimum atomic E-state index is 0.130. The SMILES string of the molecule is CC.COc1cccc2c1CCN(c1nc(C3CC3)nc3ccc(N(C)CCO)cc13)CC2. The molecular weight excluding hydrogens is 412 g/mol. The molecule has 1 fully saturated rings. The van der Waals surface area contributed by atoms with Crippen LogP contribution in [0.2, 0.25) is 0 Å². The fraction of sp³-hybridized carbons (Fsp3) is 0.481. The Bertz CT molecular complexity index is 1100. The Balaban J connectivity index is 0.00000126. The highest BCUT2D eigenvalue weighted by atomic mass is 16.5. The number of hydrogen-bond donors (Lipinski definition) is 1. The number of anilines is 2. The fourth-order valence-corrected chi connectivity index (χ4v) is 4.55. The first-order valence-corrected chi connectivity index (χ1v) is 12.2. The van der Waals surface area contributed by atoms with Gasteiger partial charge in [0.2, 0.25) is 0 Å². The van der Waals surface area contributed by atoms with Crippen molar-refractivity contribution in [2.45, 2.75) is 45.4 Å². The molecule has 0 saturated heterocycles. The Morgan fingerprint density at radius 2 is 1.88 bits per heavy atom. The first kappa shape index (κ1) is 23.3. The van der Waals surface area contributed by atoms with Crippen LogP contribution in [0.5, 0.6) is 5.75 Å². The summed E-state index contributed by atoms with van der Waals surface area (Å²) in [4.78, 5) is 14.5. The Morgan fingerprint density at radius 1 is 1.09 bits per heavy atom. The highest BCUT2D eigenvalue weighted by molar-refractivity contribution is 5.92. The van der Waals surface area contributed by atoms with Crippen LogP contribution >= 0.6 is 0 Å². The highest BCUT2D eigenvalue weighted by Crippen LogP contribution is 2.40. The first-order chi connectivity index (χ1) is 16.2. The molecule has 0 spiro atoms. The number of benzene rings is 2. The van der Waals surface area contributed by atoms with E-state index in [2.05, 4.69) is 46.2 Å². The minimum absolute atomic E-state index is 0.130. The van der Waals surface area contributed by atoms with Gasteiger partial charge in [-0.05, 0) is 61.1 Å². The van der Waals surface area contributed by atoms with Crippen molar-refractivity contribution in [1.82, 2.24) is 9.97 Å². The number of hydrogen-bond acceptors (Lipinski definition) is 6.